The number of rotatable bonds is 6. The Morgan fingerprint density at radius 3 is 2.25 bits per heavy atom. The Morgan fingerprint density at radius 1 is 0.889 bits per heavy atom. The summed E-state index contributed by atoms with van der Waals surface area (Å²) in [6, 6.07) is 9.48. The maximum absolute atomic E-state index is 14.0. The molecular weight excluding hydrogens is 550 g/mol. The van der Waals surface area contributed by atoms with Crippen molar-refractivity contribution in [1.29, 1.82) is 0 Å². The number of benzene rings is 3. The highest BCUT2D eigenvalue weighted by Gasteiger charge is 2.67. The summed E-state index contributed by atoms with van der Waals surface area (Å²) in [5, 5.41) is 4.77. The molecule has 0 saturated heterocycles. The fraction of sp³-hybridized carbons (Fsp3) is 0.167. The van der Waals surface area contributed by atoms with Crippen LogP contribution in [-0.2, 0) is 4.79 Å². The predicted octanol–water partition coefficient (Wildman–Crippen LogP) is 7.47. The largest absolute Gasteiger partial charge is 0.326 e. The van der Waals surface area contributed by atoms with Gasteiger partial charge in [-0.1, -0.05) is 23.7 Å². The van der Waals surface area contributed by atoms with Crippen LogP contribution in [0.1, 0.15) is 33.8 Å². The molecule has 1 aliphatic rings. The first-order valence-electron chi connectivity index (χ1n) is 10.2. The SMILES string of the molecule is O=C(Nc1ccc(F)cc1F)c1cc(NC(=O)[C@H]2[C@H](c3ccc(C(F)F)c(F)c3)C2(Cl)Cl)ccc1Cl. The monoisotopic (exact) mass is 562 g/mol. The molecule has 2 N–H and O–H groups in total. The Balaban J connectivity index is 1.50. The van der Waals surface area contributed by atoms with E-state index in [1.54, 1.807) is 0 Å². The quantitative estimate of drug-likeness (QED) is 0.241. The summed E-state index contributed by atoms with van der Waals surface area (Å²) in [4.78, 5) is 25.5. The molecule has 0 unspecified atom stereocenters. The molecule has 4 nitrogen and oxygen atoms in total. The van der Waals surface area contributed by atoms with E-state index in [-0.39, 0.29) is 27.5 Å². The Bertz CT molecular complexity index is 1370. The summed E-state index contributed by atoms with van der Waals surface area (Å²) in [5.41, 5.74) is -0.921. The maximum atomic E-state index is 14.0. The lowest BCUT2D eigenvalue weighted by atomic mass is 10.1. The first kappa shape index (κ1) is 26.2. The van der Waals surface area contributed by atoms with Gasteiger partial charge in [0, 0.05) is 17.7 Å². The van der Waals surface area contributed by atoms with Gasteiger partial charge in [0.1, 0.15) is 21.8 Å². The zero-order valence-corrected chi connectivity index (χ0v) is 20.0. The third-order valence-corrected chi connectivity index (χ3v) is 6.88. The Morgan fingerprint density at radius 2 is 1.61 bits per heavy atom. The molecule has 0 bridgehead atoms. The fourth-order valence-corrected chi connectivity index (χ4v) is 4.79. The van der Waals surface area contributed by atoms with Gasteiger partial charge in [-0.3, -0.25) is 9.59 Å². The second kappa shape index (κ2) is 9.88. The van der Waals surface area contributed by atoms with E-state index < -0.39 is 57.4 Å². The highest BCUT2D eigenvalue weighted by Crippen LogP contribution is 2.65. The van der Waals surface area contributed by atoms with Gasteiger partial charge in [-0.25, -0.2) is 22.0 Å². The van der Waals surface area contributed by atoms with Crippen molar-refractivity contribution in [3.8, 4) is 0 Å². The second-order valence-electron chi connectivity index (χ2n) is 7.97. The van der Waals surface area contributed by atoms with Crippen molar-refractivity contribution < 1.29 is 31.5 Å². The van der Waals surface area contributed by atoms with Crippen molar-refractivity contribution in [3.63, 3.8) is 0 Å². The first-order chi connectivity index (χ1) is 16.9. The molecule has 3 aromatic rings. The number of hydrogen-bond donors (Lipinski definition) is 2. The molecule has 1 saturated carbocycles. The van der Waals surface area contributed by atoms with E-state index in [2.05, 4.69) is 10.6 Å². The number of halogens is 8. The standard InChI is InChI=1S/C24H14Cl3F5N2O2/c25-15-5-3-12(9-14(15)22(35)34-18-6-2-11(28)8-17(18)30)33-23(36)20-19(24(20,26)27)10-1-4-13(21(31)32)16(29)7-10/h1-9,19-21H,(H,33,36)(H,34,35)/t19-,20+/m0/s1. The van der Waals surface area contributed by atoms with Crippen LogP contribution in [0.2, 0.25) is 5.02 Å². The number of hydrogen-bond acceptors (Lipinski definition) is 2. The van der Waals surface area contributed by atoms with Crippen LogP contribution in [-0.4, -0.2) is 16.1 Å². The summed E-state index contributed by atoms with van der Waals surface area (Å²) in [7, 11) is 0. The highest BCUT2D eigenvalue weighted by molar-refractivity contribution is 6.53. The van der Waals surface area contributed by atoms with E-state index in [0.29, 0.717) is 6.07 Å². The van der Waals surface area contributed by atoms with Crippen LogP contribution in [0, 0.1) is 23.4 Å². The van der Waals surface area contributed by atoms with Gasteiger partial charge in [0.05, 0.1) is 27.8 Å². The average molecular weight is 564 g/mol. The minimum Gasteiger partial charge on any atom is -0.326 e. The molecule has 1 aliphatic carbocycles. The molecule has 2 amide bonds. The molecular formula is C24H14Cl3F5N2O2. The number of carbonyl (C=O) groups is 2. The normalized spacial score (nSPS) is 18.1. The van der Waals surface area contributed by atoms with Crippen LogP contribution in [0.3, 0.4) is 0 Å². The summed E-state index contributed by atoms with van der Waals surface area (Å²) < 4.78 is 65.0. The third kappa shape index (κ3) is 5.14. The number of amides is 2. The smallest absolute Gasteiger partial charge is 0.266 e. The first-order valence-corrected chi connectivity index (χ1v) is 11.4. The van der Waals surface area contributed by atoms with Gasteiger partial charge in [0.25, 0.3) is 12.3 Å². The lowest BCUT2D eigenvalue weighted by Crippen LogP contribution is -2.18. The van der Waals surface area contributed by atoms with Crippen molar-refractivity contribution in [2.24, 2.45) is 5.92 Å². The topological polar surface area (TPSA) is 58.2 Å². The van der Waals surface area contributed by atoms with Crippen molar-refractivity contribution in [2.45, 2.75) is 16.7 Å². The number of anilines is 2. The second-order valence-corrected chi connectivity index (χ2v) is 9.83. The molecule has 0 heterocycles. The Labute approximate surface area is 216 Å². The van der Waals surface area contributed by atoms with Crippen LogP contribution < -0.4 is 10.6 Å². The van der Waals surface area contributed by atoms with Gasteiger partial charge in [-0.15, -0.1) is 23.2 Å². The summed E-state index contributed by atoms with van der Waals surface area (Å²) in [6.45, 7) is 0. The predicted molar refractivity (Wildman–Crippen MR) is 126 cm³/mol. The van der Waals surface area contributed by atoms with E-state index in [1.807, 2.05) is 0 Å². The van der Waals surface area contributed by atoms with Crippen LogP contribution >= 0.6 is 34.8 Å². The maximum Gasteiger partial charge on any atom is 0.266 e. The molecule has 0 aromatic heterocycles. The molecule has 1 fully saturated rings. The molecule has 0 aliphatic heterocycles. The minimum absolute atomic E-state index is 0.0176. The van der Waals surface area contributed by atoms with E-state index in [9.17, 15) is 31.5 Å². The minimum atomic E-state index is -3.01. The van der Waals surface area contributed by atoms with Gasteiger partial charge in [-0.2, -0.15) is 0 Å². The van der Waals surface area contributed by atoms with Crippen LogP contribution in [0.25, 0.3) is 0 Å². The summed E-state index contributed by atoms with van der Waals surface area (Å²) in [5.74, 6) is -6.41. The molecule has 188 valence electrons. The van der Waals surface area contributed by atoms with Gasteiger partial charge >= 0.3 is 0 Å². The molecule has 3 aromatic carbocycles. The van der Waals surface area contributed by atoms with Gasteiger partial charge in [0.2, 0.25) is 5.91 Å². The summed E-state index contributed by atoms with van der Waals surface area (Å²) in [6.07, 6.45) is -3.01. The van der Waals surface area contributed by atoms with Crippen molar-refractivity contribution in [2.75, 3.05) is 10.6 Å². The van der Waals surface area contributed by atoms with E-state index in [0.717, 1.165) is 24.3 Å². The van der Waals surface area contributed by atoms with Crippen molar-refractivity contribution in [1.82, 2.24) is 0 Å². The zero-order chi connectivity index (χ0) is 26.4. The lowest BCUT2D eigenvalue weighted by molar-refractivity contribution is -0.117. The molecule has 12 heteroatoms. The molecule has 2 atom stereocenters. The molecule has 0 spiro atoms. The fourth-order valence-electron chi connectivity index (χ4n) is 3.76. The lowest BCUT2D eigenvalue weighted by Gasteiger charge is -2.11. The van der Waals surface area contributed by atoms with Crippen molar-refractivity contribution >= 4 is 58.0 Å². The molecule has 36 heavy (non-hydrogen) atoms. The average Bonchev–Trinajstić information content (AvgIpc) is 3.38. The van der Waals surface area contributed by atoms with Gasteiger partial charge < -0.3 is 10.6 Å². The summed E-state index contributed by atoms with van der Waals surface area (Å²) >= 11 is 18.5. The van der Waals surface area contributed by atoms with Crippen LogP contribution in [0.15, 0.2) is 54.6 Å². The Hall–Kier alpha value is -2.88. The van der Waals surface area contributed by atoms with Gasteiger partial charge in [0.15, 0.2) is 0 Å². The Kier molecular flexibility index (Phi) is 7.19. The van der Waals surface area contributed by atoms with E-state index in [1.165, 1.54) is 24.3 Å². The van der Waals surface area contributed by atoms with E-state index in [4.69, 9.17) is 34.8 Å². The molecule has 4 rings (SSSR count). The van der Waals surface area contributed by atoms with Crippen LogP contribution in [0.4, 0.5) is 33.3 Å². The van der Waals surface area contributed by atoms with Gasteiger partial charge in [-0.05, 0) is 42.0 Å². The highest BCUT2D eigenvalue weighted by atomic mass is 35.5. The number of carbonyl (C=O) groups excluding carboxylic acids is 2. The zero-order valence-electron chi connectivity index (χ0n) is 17.8. The number of alkyl halides is 4. The van der Waals surface area contributed by atoms with Crippen molar-refractivity contribution in [3.05, 3.63) is 93.8 Å². The third-order valence-electron chi connectivity index (χ3n) is 5.61. The molecule has 0 radical (unpaired) electrons. The van der Waals surface area contributed by atoms with Crippen LogP contribution in [0.5, 0.6) is 0 Å². The van der Waals surface area contributed by atoms with E-state index >= 15 is 0 Å². The number of nitrogens with one attached hydrogen (secondary N) is 2.